The van der Waals surface area contributed by atoms with Gasteiger partial charge in [-0.2, -0.15) is 0 Å². The average Bonchev–Trinajstić information content (AvgIpc) is 2.10. The Bertz CT molecular complexity index is 174. The average molecular weight is 209 g/mol. The van der Waals surface area contributed by atoms with E-state index < -0.39 is 11.1 Å². The Hall–Kier alpha value is -0.460. The van der Waals surface area contributed by atoms with Gasteiger partial charge in [-0.15, -0.1) is 0 Å². The number of hydrogen-bond donors (Lipinski definition) is 3. The van der Waals surface area contributed by atoms with Crippen LogP contribution in [0.1, 0.15) is 32.1 Å². The van der Waals surface area contributed by atoms with E-state index in [1.807, 2.05) is 0 Å². The number of carbonyl (C=O) groups is 1. The Labute approximate surface area is 79.8 Å². The molecule has 6 heteroatoms. The first kappa shape index (κ1) is 12.5. The van der Waals surface area contributed by atoms with Crippen molar-refractivity contribution in [3.8, 4) is 0 Å². The standard InChI is InChI=1S/C7H15NO4S/c9-7(8-10)5-3-1-2-4-6-13(11)12/h10H,1-6H2,(H,8,9)(H,11,12). The third-order valence-electron chi connectivity index (χ3n) is 1.60. The SMILES string of the molecule is O=C(CCCCCCS(=O)O)NO. The lowest BCUT2D eigenvalue weighted by atomic mass is 10.1. The molecular weight excluding hydrogens is 194 g/mol. The fourth-order valence-electron chi connectivity index (χ4n) is 0.921. The van der Waals surface area contributed by atoms with E-state index in [4.69, 9.17) is 9.76 Å². The van der Waals surface area contributed by atoms with Crippen LogP contribution in [0, 0.1) is 0 Å². The lowest BCUT2D eigenvalue weighted by Crippen LogP contribution is -2.17. The molecule has 3 N–H and O–H groups in total. The molecule has 0 saturated carbocycles. The van der Waals surface area contributed by atoms with Gasteiger partial charge in [0.25, 0.3) is 0 Å². The molecule has 78 valence electrons. The Kier molecular flexibility index (Phi) is 7.86. The molecule has 0 aliphatic heterocycles. The maximum Gasteiger partial charge on any atom is 0.243 e. The Balaban J connectivity index is 3.08. The van der Waals surface area contributed by atoms with E-state index >= 15 is 0 Å². The number of amides is 1. The fraction of sp³-hybridized carbons (Fsp3) is 0.857. The van der Waals surface area contributed by atoms with Crippen LogP contribution in [-0.4, -0.2) is 25.6 Å². The predicted molar refractivity (Wildman–Crippen MR) is 48.7 cm³/mol. The molecule has 0 aromatic carbocycles. The van der Waals surface area contributed by atoms with Crippen molar-refractivity contribution in [3.63, 3.8) is 0 Å². The number of hydroxylamine groups is 1. The molecule has 0 aliphatic carbocycles. The van der Waals surface area contributed by atoms with Crippen LogP contribution in [-0.2, 0) is 15.9 Å². The summed E-state index contributed by atoms with van der Waals surface area (Å²) in [5, 5.41) is 8.14. The van der Waals surface area contributed by atoms with Gasteiger partial charge in [0, 0.05) is 12.2 Å². The molecule has 0 heterocycles. The van der Waals surface area contributed by atoms with Gasteiger partial charge in [-0.3, -0.25) is 10.0 Å². The van der Waals surface area contributed by atoms with Crippen molar-refractivity contribution in [1.82, 2.24) is 5.48 Å². The molecule has 0 saturated heterocycles. The maximum atomic E-state index is 10.5. The first-order valence-electron chi connectivity index (χ1n) is 4.17. The lowest BCUT2D eigenvalue weighted by Gasteiger charge is -1.98. The van der Waals surface area contributed by atoms with Crippen molar-refractivity contribution in [3.05, 3.63) is 0 Å². The van der Waals surface area contributed by atoms with Crippen LogP contribution in [0.3, 0.4) is 0 Å². The van der Waals surface area contributed by atoms with Crippen molar-refractivity contribution in [2.24, 2.45) is 0 Å². The van der Waals surface area contributed by atoms with E-state index in [9.17, 15) is 9.00 Å². The van der Waals surface area contributed by atoms with E-state index in [1.165, 1.54) is 0 Å². The number of carbonyl (C=O) groups excluding carboxylic acids is 1. The minimum absolute atomic E-state index is 0.298. The summed E-state index contributed by atoms with van der Waals surface area (Å²) in [4.78, 5) is 10.5. The van der Waals surface area contributed by atoms with E-state index in [0.29, 0.717) is 25.0 Å². The summed E-state index contributed by atoms with van der Waals surface area (Å²) in [6.07, 6.45) is 3.38. The minimum Gasteiger partial charge on any atom is -0.306 e. The second-order valence-electron chi connectivity index (χ2n) is 2.72. The van der Waals surface area contributed by atoms with Gasteiger partial charge in [0.2, 0.25) is 5.91 Å². The van der Waals surface area contributed by atoms with Crippen molar-refractivity contribution in [2.45, 2.75) is 32.1 Å². The van der Waals surface area contributed by atoms with Gasteiger partial charge >= 0.3 is 0 Å². The number of hydrogen-bond acceptors (Lipinski definition) is 3. The molecule has 13 heavy (non-hydrogen) atoms. The first-order chi connectivity index (χ1) is 6.16. The lowest BCUT2D eigenvalue weighted by molar-refractivity contribution is -0.129. The third-order valence-corrected chi connectivity index (χ3v) is 2.24. The fourth-order valence-corrected chi connectivity index (χ4v) is 1.37. The molecular formula is C7H15NO4S. The third kappa shape index (κ3) is 9.45. The summed E-state index contributed by atoms with van der Waals surface area (Å²) >= 11 is -1.70. The summed E-state index contributed by atoms with van der Waals surface area (Å²) in [5.41, 5.74) is 1.55. The number of nitrogens with one attached hydrogen (secondary N) is 1. The molecule has 5 nitrogen and oxygen atoms in total. The zero-order valence-corrected chi connectivity index (χ0v) is 8.18. The van der Waals surface area contributed by atoms with Crippen LogP contribution in [0.25, 0.3) is 0 Å². The number of rotatable bonds is 7. The van der Waals surface area contributed by atoms with Crippen LogP contribution in [0.5, 0.6) is 0 Å². The largest absolute Gasteiger partial charge is 0.306 e. The van der Waals surface area contributed by atoms with Crippen molar-refractivity contribution in [1.29, 1.82) is 0 Å². The predicted octanol–water partition coefficient (Wildman–Crippen LogP) is 0.664. The molecule has 0 aromatic rings. The van der Waals surface area contributed by atoms with Gasteiger partial charge in [0.1, 0.15) is 0 Å². The van der Waals surface area contributed by atoms with Crippen LogP contribution in [0.15, 0.2) is 0 Å². The second-order valence-corrected chi connectivity index (χ2v) is 3.78. The van der Waals surface area contributed by atoms with Gasteiger partial charge in [-0.05, 0) is 12.8 Å². The molecule has 1 amide bonds. The van der Waals surface area contributed by atoms with Gasteiger partial charge in [-0.1, -0.05) is 12.8 Å². The second kappa shape index (κ2) is 8.15. The Morgan fingerprint density at radius 2 is 1.85 bits per heavy atom. The first-order valence-corrected chi connectivity index (χ1v) is 5.45. The monoisotopic (exact) mass is 209 g/mol. The maximum absolute atomic E-state index is 10.5. The summed E-state index contributed by atoms with van der Waals surface area (Å²) in [6, 6.07) is 0. The summed E-state index contributed by atoms with van der Waals surface area (Å²) < 4.78 is 18.6. The zero-order valence-electron chi connectivity index (χ0n) is 7.36. The minimum atomic E-state index is -1.70. The quantitative estimate of drug-likeness (QED) is 0.249. The molecule has 0 aliphatic rings. The van der Waals surface area contributed by atoms with Crippen LogP contribution in [0.4, 0.5) is 0 Å². The molecule has 0 radical (unpaired) electrons. The number of unbranched alkanes of at least 4 members (excludes halogenated alkanes) is 3. The van der Waals surface area contributed by atoms with Gasteiger partial charge in [0.15, 0.2) is 11.1 Å². The van der Waals surface area contributed by atoms with Crippen LogP contribution in [0.2, 0.25) is 0 Å². The normalized spacial score (nSPS) is 12.5. The highest BCUT2D eigenvalue weighted by molar-refractivity contribution is 7.79. The van der Waals surface area contributed by atoms with Crippen molar-refractivity contribution < 1.29 is 18.8 Å². The molecule has 0 spiro atoms. The molecule has 1 unspecified atom stereocenters. The highest BCUT2D eigenvalue weighted by Crippen LogP contribution is 2.03. The van der Waals surface area contributed by atoms with Crippen molar-refractivity contribution in [2.75, 3.05) is 5.75 Å². The summed E-state index contributed by atoms with van der Waals surface area (Å²) in [6.45, 7) is 0. The highest BCUT2D eigenvalue weighted by Gasteiger charge is 1.98. The highest BCUT2D eigenvalue weighted by atomic mass is 32.2. The van der Waals surface area contributed by atoms with Gasteiger partial charge in [-0.25, -0.2) is 9.69 Å². The van der Waals surface area contributed by atoms with E-state index in [1.54, 1.807) is 5.48 Å². The molecule has 1 atom stereocenters. The topological polar surface area (TPSA) is 86.6 Å². The summed E-state index contributed by atoms with van der Waals surface area (Å²) in [7, 11) is 0. The molecule has 0 rings (SSSR count). The van der Waals surface area contributed by atoms with E-state index in [0.717, 1.165) is 12.8 Å². The van der Waals surface area contributed by atoms with E-state index in [-0.39, 0.29) is 5.91 Å². The molecule has 0 fully saturated rings. The molecule has 0 aromatic heterocycles. The van der Waals surface area contributed by atoms with Gasteiger partial charge in [0.05, 0.1) is 0 Å². The Morgan fingerprint density at radius 3 is 2.38 bits per heavy atom. The Morgan fingerprint density at radius 1 is 1.23 bits per heavy atom. The van der Waals surface area contributed by atoms with Crippen molar-refractivity contribution >= 4 is 17.0 Å². The smallest absolute Gasteiger partial charge is 0.243 e. The van der Waals surface area contributed by atoms with E-state index in [2.05, 4.69) is 0 Å². The van der Waals surface area contributed by atoms with Gasteiger partial charge < -0.3 is 4.55 Å². The summed E-state index contributed by atoms with van der Waals surface area (Å²) in [5.74, 6) is -0.0858. The zero-order chi connectivity index (χ0) is 10.1. The van der Waals surface area contributed by atoms with Crippen LogP contribution >= 0.6 is 0 Å². The van der Waals surface area contributed by atoms with Crippen LogP contribution < -0.4 is 5.48 Å². The molecule has 0 bridgehead atoms.